The average Bonchev–Trinajstić information content (AvgIpc) is 3.31. The van der Waals surface area contributed by atoms with Gasteiger partial charge in [-0.15, -0.1) is 0 Å². The van der Waals surface area contributed by atoms with Gasteiger partial charge in [0.15, 0.2) is 0 Å². The fourth-order valence-electron chi connectivity index (χ4n) is 3.24. The normalized spacial score (nSPS) is 17.5. The number of methoxy groups -OCH3 is 1. The van der Waals surface area contributed by atoms with Gasteiger partial charge < -0.3 is 19.5 Å². The second kappa shape index (κ2) is 6.53. The Hall–Kier alpha value is -1.60. The number of nitrogens with zero attached hydrogens (tertiary/aromatic N) is 2. The summed E-state index contributed by atoms with van der Waals surface area (Å²) in [6.07, 6.45) is 3.33. The first-order valence-electron chi connectivity index (χ1n) is 8.33. The fraction of sp³-hybridized carbons (Fsp3) is 0.444. The molecule has 138 valence electrons. The van der Waals surface area contributed by atoms with Crippen molar-refractivity contribution in [1.82, 2.24) is 9.88 Å². The number of pyridine rings is 1. The van der Waals surface area contributed by atoms with Gasteiger partial charge in [-0.05, 0) is 30.0 Å². The molecule has 2 aromatic rings. The summed E-state index contributed by atoms with van der Waals surface area (Å²) in [5, 5.41) is 10.8. The number of carbonyl (C=O) groups excluding carboxylic acids is 1. The first-order chi connectivity index (χ1) is 12.5. The van der Waals surface area contributed by atoms with Crippen LogP contribution in [0.2, 0.25) is 10.0 Å². The van der Waals surface area contributed by atoms with Gasteiger partial charge in [0.25, 0.3) is 0 Å². The highest BCUT2D eigenvalue weighted by Crippen LogP contribution is 2.41. The van der Waals surface area contributed by atoms with Crippen molar-refractivity contribution in [3.05, 3.63) is 33.4 Å². The Morgan fingerprint density at radius 3 is 2.77 bits per heavy atom. The summed E-state index contributed by atoms with van der Waals surface area (Å²) >= 11 is 12.5. The molecular weight excluding hydrogens is 379 g/mol. The van der Waals surface area contributed by atoms with E-state index in [1.807, 2.05) is 6.07 Å². The van der Waals surface area contributed by atoms with Gasteiger partial charge in [0.2, 0.25) is 5.91 Å². The summed E-state index contributed by atoms with van der Waals surface area (Å²) in [5.74, 6) is 0.368. The van der Waals surface area contributed by atoms with Crippen LogP contribution in [0.5, 0.6) is 5.75 Å². The molecule has 0 saturated heterocycles. The molecule has 0 radical (unpaired) electrons. The minimum absolute atomic E-state index is 0.0319. The molecule has 0 bridgehead atoms. The summed E-state index contributed by atoms with van der Waals surface area (Å²) in [5.41, 5.74) is 2.05. The van der Waals surface area contributed by atoms with Crippen molar-refractivity contribution in [3.63, 3.8) is 0 Å². The monoisotopic (exact) mass is 396 g/mol. The molecule has 1 aromatic carbocycles. The van der Waals surface area contributed by atoms with E-state index in [1.54, 1.807) is 11.1 Å². The number of aliphatic hydroxyl groups is 1. The van der Waals surface area contributed by atoms with Gasteiger partial charge in [0, 0.05) is 24.7 Å². The maximum Gasteiger partial charge on any atom is 0.249 e. The Balaban J connectivity index is 1.59. The predicted molar refractivity (Wildman–Crippen MR) is 97.6 cm³/mol. The summed E-state index contributed by atoms with van der Waals surface area (Å²) in [4.78, 5) is 18.6. The molecule has 1 saturated carbocycles. The minimum Gasteiger partial charge on any atom is -0.495 e. The smallest absolute Gasteiger partial charge is 0.249 e. The van der Waals surface area contributed by atoms with Gasteiger partial charge in [0.05, 0.1) is 29.9 Å². The Bertz CT molecular complexity index is 899. The number of rotatable bonds is 5. The van der Waals surface area contributed by atoms with Crippen LogP contribution in [0.25, 0.3) is 10.9 Å². The number of fused-ring (bicyclic) bond motifs is 3. The molecule has 1 fully saturated rings. The van der Waals surface area contributed by atoms with E-state index in [9.17, 15) is 9.90 Å². The second-order valence-corrected chi connectivity index (χ2v) is 7.50. The molecule has 1 aromatic heterocycles. The summed E-state index contributed by atoms with van der Waals surface area (Å²) < 4.78 is 10.9. The molecular formula is C18H18Cl2N2O4. The third-order valence-corrected chi connectivity index (χ3v) is 5.93. The van der Waals surface area contributed by atoms with Crippen molar-refractivity contribution >= 4 is 40.0 Å². The molecule has 1 amide bonds. The quantitative estimate of drug-likeness (QED) is 0.840. The van der Waals surface area contributed by atoms with Crippen LogP contribution in [0.3, 0.4) is 0 Å². The van der Waals surface area contributed by atoms with Crippen molar-refractivity contribution in [2.75, 3.05) is 20.3 Å². The molecule has 1 N–H and O–H groups in total. The largest absolute Gasteiger partial charge is 0.495 e. The van der Waals surface area contributed by atoms with Gasteiger partial charge >= 0.3 is 0 Å². The maximum atomic E-state index is 12.5. The van der Waals surface area contributed by atoms with Crippen LogP contribution in [0.15, 0.2) is 12.3 Å². The number of amides is 1. The van der Waals surface area contributed by atoms with Gasteiger partial charge in [-0.2, -0.15) is 0 Å². The standard InChI is InChI=1S/C18H18Cl2N2O4/c1-25-13-4-11-12-7-22(14(24)8-26-18(9-23)2-3-18)6-10(12)5-21-17(11)16(20)15(13)19/h4-5,23H,2-3,6-9H2,1H3. The molecule has 2 heterocycles. The molecule has 4 rings (SSSR count). The van der Waals surface area contributed by atoms with E-state index in [4.69, 9.17) is 32.7 Å². The van der Waals surface area contributed by atoms with Crippen LogP contribution >= 0.6 is 23.2 Å². The third-order valence-electron chi connectivity index (χ3n) is 5.09. The van der Waals surface area contributed by atoms with E-state index < -0.39 is 5.60 Å². The highest BCUT2D eigenvalue weighted by molar-refractivity contribution is 6.46. The number of aliphatic hydroxyl groups excluding tert-OH is 1. The first kappa shape index (κ1) is 17.8. The zero-order valence-electron chi connectivity index (χ0n) is 14.2. The zero-order chi connectivity index (χ0) is 18.5. The molecule has 0 unspecified atom stereocenters. The van der Waals surface area contributed by atoms with Crippen molar-refractivity contribution < 1.29 is 19.4 Å². The number of hydrogen-bond acceptors (Lipinski definition) is 5. The molecule has 8 heteroatoms. The van der Waals surface area contributed by atoms with Gasteiger partial charge in [0.1, 0.15) is 17.4 Å². The number of carbonyl (C=O) groups is 1. The molecule has 1 aliphatic carbocycles. The summed E-state index contributed by atoms with van der Waals surface area (Å²) in [6.45, 7) is 0.836. The fourth-order valence-corrected chi connectivity index (χ4v) is 3.70. The van der Waals surface area contributed by atoms with E-state index in [2.05, 4.69) is 4.98 Å². The van der Waals surface area contributed by atoms with Crippen LogP contribution in [0.4, 0.5) is 0 Å². The molecule has 26 heavy (non-hydrogen) atoms. The van der Waals surface area contributed by atoms with Crippen molar-refractivity contribution in [2.45, 2.75) is 31.5 Å². The Morgan fingerprint density at radius 1 is 1.35 bits per heavy atom. The Labute approximate surface area is 160 Å². The SMILES string of the molecule is COc1cc2c3c(cnc2c(Cl)c1Cl)CN(C(=O)COC1(CO)CC1)C3. The van der Waals surface area contributed by atoms with E-state index in [0.29, 0.717) is 34.4 Å². The van der Waals surface area contributed by atoms with Gasteiger partial charge in [-0.25, -0.2) is 0 Å². The minimum atomic E-state index is -0.506. The number of benzene rings is 1. The molecule has 0 atom stereocenters. The number of ether oxygens (including phenoxy) is 2. The van der Waals surface area contributed by atoms with Crippen LogP contribution in [0, 0.1) is 0 Å². The van der Waals surface area contributed by atoms with Crippen molar-refractivity contribution in [3.8, 4) is 5.75 Å². The summed E-state index contributed by atoms with van der Waals surface area (Å²) in [7, 11) is 1.53. The molecule has 6 nitrogen and oxygen atoms in total. The molecule has 0 spiro atoms. The second-order valence-electron chi connectivity index (χ2n) is 6.74. The predicted octanol–water partition coefficient (Wildman–Crippen LogP) is 2.93. The Kier molecular flexibility index (Phi) is 4.47. The van der Waals surface area contributed by atoms with E-state index in [-0.39, 0.29) is 19.1 Å². The van der Waals surface area contributed by atoms with Crippen LogP contribution < -0.4 is 4.74 Å². The van der Waals surface area contributed by atoms with Gasteiger partial charge in [-0.3, -0.25) is 9.78 Å². The van der Waals surface area contributed by atoms with Crippen molar-refractivity contribution in [2.24, 2.45) is 0 Å². The Morgan fingerprint density at radius 2 is 2.12 bits per heavy atom. The summed E-state index contributed by atoms with van der Waals surface area (Å²) in [6, 6.07) is 1.81. The van der Waals surface area contributed by atoms with E-state index >= 15 is 0 Å². The number of aromatic nitrogens is 1. The lowest BCUT2D eigenvalue weighted by Gasteiger charge is -2.18. The maximum absolute atomic E-state index is 12.5. The zero-order valence-corrected chi connectivity index (χ0v) is 15.7. The highest BCUT2D eigenvalue weighted by Gasteiger charge is 2.44. The molecule has 1 aliphatic heterocycles. The first-order valence-corrected chi connectivity index (χ1v) is 9.08. The van der Waals surface area contributed by atoms with E-state index in [0.717, 1.165) is 29.4 Å². The average molecular weight is 397 g/mol. The highest BCUT2D eigenvalue weighted by atomic mass is 35.5. The molecule has 2 aliphatic rings. The topological polar surface area (TPSA) is 71.9 Å². The van der Waals surface area contributed by atoms with Crippen LogP contribution in [-0.4, -0.2) is 46.8 Å². The number of hydrogen-bond donors (Lipinski definition) is 1. The van der Waals surface area contributed by atoms with E-state index in [1.165, 1.54) is 7.11 Å². The number of halogens is 2. The lowest BCUT2D eigenvalue weighted by molar-refractivity contribution is -0.140. The van der Waals surface area contributed by atoms with Gasteiger partial charge in [-0.1, -0.05) is 23.2 Å². The van der Waals surface area contributed by atoms with Crippen LogP contribution in [-0.2, 0) is 22.6 Å². The third kappa shape index (κ3) is 2.91. The van der Waals surface area contributed by atoms with Crippen LogP contribution in [0.1, 0.15) is 24.0 Å². The lowest BCUT2D eigenvalue weighted by Crippen LogP contribution is -2.32. The van der Waals surface area contributed by atoms with Crippen molar-refractivity contribution in [1.29, 1.82) is 0 Å². The lowest BCUT2D eigenvalue weighted by atomic mass is 10.1.